The van der Waals surface area contributed by atoms with E-state index in [2.05, 4.69) is 41.4 Å². The Morgan fingerprint density at radius 2 is 1.79 bits per heavy atom. The Balaban J connectivity index is 1.55. The van der Waals surface area contributed by atoms with E-state index < -0.39 is 0 Å². The minimum absolute atomic E-state index is 0.105. The van der Waals surface area contributed by atoms with Gasteiger partial charge in [0.2, 0.25) is 0 Å². The highest BCUT2D eigenvalue weighted by Crippen LogP contribution is 2.18. The molecule has 2 aliphatic rings. The summed E-state index contributed by atoms with van der Waals surface area (Å²) in [6.45, 7) is 8.36. The molecule has 5 heteroatoms. The van der Waals surface area contributed by atoms with Gasteiger partial charge in [0.05, 0.1) is 13.2 Å². The number of carbonyl (C=O) groups is 1. The molecule has 1 saturated carbocycles. The summed E-state index contributed by atoms with van der Waals surface area (Å²) in [6.07, 6.45) is 8.08. The lowest BCUT2D eigenvalue weighted by atomic mass is 9.96. The van der Waals surface area contributed by atoms with E-state index in [0.29, 0.717) is 12.6 Å². The van der Waals surface area contributed by atoms with Crippen molar-refractivity contribution in [2.24, 2.45) is 0 Å². The third kappa shape index (κ3) is 6.78. The van der Waals surface area contributed by atoms with E-state index in [9.17, 15) is 4.79 Å². The van der Waals surface area contributed by atoms with E-state index in [-0.39, 0.29) is 6.03 Å². The van der Waals surface area contributed by atoms with Gasteiger partial charge in [-0.15, -0.1) is 0 Å². The average molecular weight is 388 g/mol. The predicted molar refractivity (Wildman–Crippen MR) is 114 cm³/mol. The van der Waals surface area contributed by atoms with Gasteiger partial charge in [-0.3, -0.25) is 4.90 Å². The lowest BCUT2D eigenvalue weighted by Gasteiger charge is -2.30. The number of nitrogens with one attached hydrogen (secondary N) is 1. The largest absolute Gasteiger partial charge is 0.379 e. The quantitative estimate of drug-likeness (QED) is 0.738. The van der Waals surface area contributed by atoms with Crippen LogP contribution in [0, 0.1) is 0 Å². The Hall–Kier alpha value is -1.59. The molecule has 1 heterocycles. The number of hydrogen-bond donors (Lipinski definition) is 1. The highest BCUT2D eigenvalue weighted by atomic mass is 16.5. The Labute approximate surface area is 170 Å². The molecular weight excluding hydrogens is 350 g/mol. The first-order valence-corrected chi connectivity index (χ1v) is 11.2. The fourth-order valence-electron chi connectivity index (χ4n) is 4.18. The van der Waals surface area contributed by atoms with Crippen LogP contribution in [-0.2, 0) is 17.7 Å². The van der Waals surface area contributed by atoms with Crippen LogP contribution in [0.15, 0.2) is 24.3 Å². The van der Waals surface area contributed by atoms with Gasteiger partial charge >= 0.3 is 6.03 Å². The van der Waals surface area contributed by atoms with Crippen molar-refractivity contribution >= 4 is 6.03 Å². The molecule has 0 unspecified atom stereocenters. The standard InChI is InChI=1S/C23H37N3O2/c1-2-20-9-11-21(12-10-20)19-26(14-6-13-25-15-17-28-18-16-25)23(27)24-22-7-4-3-5-8-22/h9-12,22H,2-8,13-19H2,1H3,(H,24,27). The van der Waals surface area contributed by atoms with E-state index in [1.807, 2.05) is 4.90 Å². The van der Waals surface area contributed by atoms with Crippen LogP contribution in [0.5, 0.6) is 0 Å². The molecule has 5 nitrogen and oxygen atoms in total. The summed E-state index contributed by atoms with van der Waals surface area (Å²) in [5, 5.41) is 3.30. The molecule has 1 saturated heterocycles. The maximum Gasteiger partial charge on any atom is 0.317 e. The van der Waals surface area contributed by atoms with E-state index in [0.717, 1.165) is 65.1 Å². The van der Waals surface area contributed by atoms with Crippen LogP contribution in [0.25, 0.3) is 0 Å². The van der Waals surface area contributed by atoms with Crippen molar-refractivity contribution in [2.45, 2.75) is 64.5 Å². The summed E-state index contributed by atoms with van der Waals surface area (Å²) >= 11 is 0. The zero-order valence-electron chi connectivity index (χ0n) is 17.5. The molecule has 2 amide bonds. The number of ether oxygens (including phenoxy) is 1. The van der Waals surface area contributed by atoms with E-state index in [4.69, 9.17) is 4.74 Å². The molecule has 1 aromatic carbocycles. The Bertz CT molecular complexity index is 578. The first-order valence-electron chi connectivity index (χ1n) is 11.2. The molecule has 1 aliphatic heterocycles. The number of morpholine rings is 1. The number of aryl methyl sites for hydroxylation is 1. The highest BCUT2D eigenvalue weighted by molar-refractivity contribution is 5.74. The average Bonchev–Trinajstić information content (AvgIpc) is 2.75. The second-order valence-electron chi connectivity index (χ2n) is 8.18. The normalized spacial score (nSPS) is 18.8. The summed E-state index contributed by atoms with van der Waals surface area (Å²) in [4.78, 5) is 17.5. The third-order valence-electron chi connectivity index (χ3n) is 6.03. The van der Waals surface area contributed by atoms with Crippen molar-refractivity contribution in [3.8, 4) is 0 Å². The van der Waals surface area contributed by atoms with Gasteiger partial charge in [-0.2, -0.15) is 0 Å². The van der Waals surface area contributed by atoms with Gasteiger partial charge < -0.3 is 15.0 Å². The Morgan fingerprint density at radius 3 is 2.46 bits per heavy atom. The number of amides is 2. The van der Waals surface area contributed by atoms with Gasteiger partial charge in [0.1, 0.15) is 0 Å². The van der Waals surface area contributed by atoms with E-state index in [1.165, 1.54) is 30.4 Å². The Morgan fingerprint density at radius 1 is 1.11 bits per heavy atom. The molecule has 1 aliphatic carbocycles. The van der Waals surface area contributed by atoms with Crippen molar-refractivity contribution in [1.82, 2.24) is 15.1 Å². The lowest BCUT2D eigenvalue weighted by Crippen LogP contribution is -2.46. The minimum atomic E-state index is 0.105. The zero-order chi connectivity index (χ0) is 19.6. The lowest BCUT2D eigenvalue weighted by molar-refractivity contribution is 0.0364. The molecule has 3 rings (SSSR count). The molecule has 0 bridgehead atoms. The molecular formula is C23H37N3O2. The van der Waals surface area contributed by atoms with Crippen LogP contribution in [0.4, 0.5) is 4.79 Å². The van der Waals surface area contributed by atoms with E-state index in [1.54, 1.807) is 0 Å². The van der Waals surface area contributed by atoms with Crippen LogP contribution >= 0.6 is 0 Å². The molecule has 28 heavy (non-hydrogen) atoms. The van der Waals surface area contributed by atoms with Crippen molar-refractivity contribution in [2.75, 3.05) is 39.4 Å². The minimum Gasteiger partial charge on any atom is -0.379 e. The van der Waals surface area contributed by atoms with Crippen LogP contribution in [0.3, 0.4) is 0 Å². The summed E-state index contributed by atoms with van der Waals surface area (Å²) in [5.74, 6) is 0. The number of urea groups is 1. The molecule has 2 fully saturated rings. The predicted octanol–water partition coefficient (Wildman–Crippen LogP) is 3.82. The van der Waals surface area contributed by atoms with E-state index >= 15 is 0 Å². The molecule has 1 N–H and O–H groups in total. The maximum absolute atomic E-state index is 13.0. The summed E-state index contributed by atoms with van der Waals surface area (Å²) in [6, 6.07) is 9.16. The highest BCUT2D eigenvalue weighted by Gasteiger charge is 2.20. The van der Waals surface area contributed by atoms with Gasteiger partial charge in [0.15, 0.2) is 0 Å². The van der Waals surface area contributed by atoms with Gasteiger partial charge in [-0.05, 0) is 36.8 Å². The van der Waals surface area contributed by atoms with Gasteiger partial charge in [0, 0.05) is 38.8 Å². The van der Waals surface area contributed by atoms with Crippen LogP contribution in [0.1, 0.15) is 56.6 Å². The van der Waals surface area contributed by atoms with Gasteiger partial charge in [-0.25, -0.2) is 4.79 Å². The number of carbonyl (C=O) groups excluding carboxylic acids is 1. The monoisotopic (exact) mass is 387 g/mol. The van der Waals surface area contributed by atoms with Crippen LogP contribution < -0.4 is 5.32 Å². The first kappa shape index (κ1) is 21.1. The topological polar surface area (TPSA) is 44.8 Å². The fraction of sp³-hybridized carbons (Fsp3) is 0.696. The number of nitrogens with zero attached hydrogens (tertiary/aromatic N) is 2. The summed E-state index contributed by atoms with van der Waals surface area (Å²) < 4.78 is 5.43. The van der Waals surface area contributed by atoms with Gasteiger partial charge in [0.25, 0.3) is 0 Å². The number of benzene rings is 1. The molecule has 156 valence electrons. The smallest absolute Gasteiger partial charge is 0.317 e. The van der Waals surface area contributed by atoms with Crippen LogP contribution in [-0.4, -0.2) is 61.3 Å². The molecule has 0 spiro atoms. The van der Waals surface area contributed by atoms with Crippen molar-refractivity contribution in [1.29, 1.82) is 0 Å². The Kier molecular flexibility index (Phi) is 8.62. The molecule has 0 aromatic heterocycles. The second-order valence-corrected chi connectivity index (χ2v) is 8.18. The SMILES string of the molecule is CCc1ccc(CN(CCCN2CCOCC2)C(=O)NC2CCCCC2)cc1. The van der Waals surface area contributed by atoms with Gasteiger partial charge in [-0.1, -0.05) is 50.5 Å². The summed E-state index contributed by atoms with van der Waals surface area (Å²) in [7, 11) is 0. The molecule has 0 radical (unpaired) electrons. The third-order valence-corrected chi connectivity index (χ3v) is 6.03. The molecule has 1 aromatic rings. The maximum atomic E-state index is 13.0. The van der Waals surface area contributed by atoms with Crippen LogP contribution in [0.2, 0.25) is 0 Å². The zero-order valence-corrected chi connectivity index (χ0v) is 17.5. The molecule has 0 atom stereocenters. The fourth-order valence-corrected chi connectivity index (χ4v) is 4.18. The number of hydrogen-bond acceptors (Lipinski definition) is 3. The number of rotatable bonds is 8. The first-order chi connectivity index (χ1) is 13.7. The van der Waals surface area contributed by atoms with Crippen molar-refractivity contribution < 1.29 is 9.53 Å². The van der Waals surface area contributed by atoms with Crippen molar-refractivity contribution in [3.05, 3.63) is 35.4 Å². The summed E-state index contributed by atoms with van der Waals surface area (Å²) in [5.41, 5.74) is 2.55. The van der Waals surface area contributed by atoms with Crippen molar-refractivity contribution in [3.63, 3.8) is 0 Å². The second kappa shape index (κ2) is 11.4.